The van der Waals surface area contributed by atoms with Crippen molar-refractivity contribution < 1.29 is 9.21 Å². The van der Waals surface area contributed by atoms with Gasteiger partial charge in [0.1, 0.15) is 6.26 Å². The number of rotatable bonds is 2. The lowest BCUT2D eigenvalue weighted by Crippen LogP contribution is -2.48. The number of nitrogens with one attached hydrogen (secondary N) is 1. The minimum Gasteiger partial charge on any atom is -0.447 e. The Morgan fingerprint density at radius 2 is 2.41 bits per heavy atom. The highest BCUT2D eigenvalue weighted by atomic mass is 16.3. The van der Waals surface area contributed by atoms with Gasteiger partial charge in [0.2, 0.25) is 5.89 Å². The summed E-state index contributed by atoms with van der Waals surface area (Å²) in [5, 5.41) is 7.32. The molecule has 0 saturated carbocycles. The molecule has 2 aliphatic rings. The van der Waals surface area contributed by atoms with E-state index in [4.69, 9.17) is 10.2 Å². The molecule has 7 heteroatoms. The number of amides is 1. The molecule has 2 aromatic heterocycles. The van der Waals surface area contributed by atoms with Crippen LogP contribution in [0.5, 0.6) is 0 Å². The van der Waals surface area contributed by atoms with Gasteiger partial charge in [0.25, 0.3) is 5.91 Å². The number of H-pyrrole nitrogens is 1. The molecule has 0 radical (unpaired) electrons. The first-order chi connectivity index (χ1) is 10.7. The summed E-state index contributed by atoms with van der Waals surface area (Å²) >= 11 is 0. The number of carbonyl (C=O) groups is 1. The Labute approximate surface area is 127 Å². The van der Waals surface area contributed by atoms with Gasteiger partial charge in [0.15, 0.2) is 5.69 Å². The molecular weight excluding hydrogens is 282 g/mol. The van der Waals surface area contributed by atoms with Gasteiger partial charge >= 0.3 is 0 Å². The highest BCUT2D eigenvalue weighted by Crippen LogP contribution is 2.43. The van der Waals surface area contributed by atoms with Crippen LogP contribution in [0.25, 0.3) is 0 Å². The van der Waals surface area contributed by atoms with Crippen LogP contribution in [0, 0.1) is 0 Å². The molecule has 0 aromatic carbocycles. The van der Waals surface area contributed by atoms with E-state index < -0.39 is 0 Å². The molecule has 3 heterocycles. The molecular formula is C15H19N5O2. The van der Waals surface area contributed by atoms with Crippen LogP contribution in [-0.4, -0.2) is 39.1 Å². The molecule has 4 rings (SSSR count). The van der Waals surface area contributed by atoms with Crippen LogP contribution in [0.3, 0.4) is 0 Å². The molecule has 1 fully saturated rings. The Morgan fingerprint density at radius 1 is 1.50 bits per heavy atom. The average molecular weight is 301 g/mol. The number of carbonyl (C=O) groups excluding carboxylic acids is 1. The Bertz CT molecular complexity index is 706. The number of hydrogen-bond acceptors (Lipinski definition) is 5. The first kappa shape index (κ1) is 13.5. The number of nitrogens with two attached hydrogens (primary N) is 1. The number of piperidine rings is 1. The Morgan fingerprint density at radius 3 is 3.23 bits per heavy atom. The normalized spacial score (nSPS) is 24.0. The zero-order valence-electron chi connectivity index (χ0n) is 12.3. The lowest BCUT2D eigenvalue weighted by molar-refractivity contribution is 0.0627. The van der Waals surface area contributed by atoms with Crippen LogP contribution >= 0.6 is 0 Å². The minimum atomic E-state index is -0.0736. The predicted octanol–water partition coefficient (Wildman–Crippen LogP) is 0.977. The van der Waals surface area contributed by atoms with Crippen LogP contribution in [-0.2, 0) is 18.4 Å². The van der Waals surface area contributed by atoms with Gasteiger partial charge in [0.05, 0.1) is 12.7 Å². The molecule has 22 heavy (non-hydrogen) atoms. The Kier molecular flexibility index (Phi) is 3.04. The topological polar surface area (TPSA) is 101 Å². The summed E-state index contributed by atoms with van der Waals surface area (Å²) in [5.41, 5.74) is 8.37. The fraction of sp³-hybridized carbons (Fsp3) is 0.533. The van der Waals surface area contributed by atoms with Crippen LogP contribution < -0.4 is 5.73 Å². The summed E-state index contributed by atoms with van der Waals surface area (Å²) < 4.78 is 5.19. The predicted molar refractivity (Wildman–Crippen MR) is 78.1 cm³/mol. The number of oxazole rings is 1. The standard InChI is InChI=1S/C15H19N5O2/c16-6-12-18-11(8-22-12)14(21)20-5-1-3-15(9-20)4-2-10-7-17-19-13(10)15/h7-8H,1-6,9,16H2,(H,17,19). The van der Waals surface area contributed by atoms with E-state index in [2.05, 4.69) is 15.2 Å². The zero-order chi connectivity index (χ0) is 15.2. The van der Waals surface area contributed by atoms with Crippen molar-refractivity contribution in [2.75, 3.05) is 13.1 Å². The lowest BCUT2D eigenvalue weighted by atomic mass is 9.77. The van der Waals surface area contributed by atoms with Crippen LogP contribution in [0.1, 0.15) is 46.9 Å². The summed E-state index contributed by atoms with van der Waals surface area (Å²) in [6.45, 7) is 1.68. The molecule has 1 unspecified atom stereocenters. The molecule has 1 amide bonds. The maximum Gasteiger partial charge on any atom is 0.275 e. The second-order valence-electron chi connectivity index (χ2n) is 6.21. The number of aryl methyl sites for hydroxylation is 1. The van der Waals surface area contributed by atoms with Gasteiger partial charge < -0.3 is 15.1 Å². The second kappa shape index (κ2) is 4.95. The van der Waals surface area contributed by atoms with Crippen molar-refractivity contribution in [3.63, 3.8) is 0 Å². The van der Waals surface area contributed by atoms with Gasteiger partial charge in [-0.05, 0) is 31.2 Å². The molecule has 3 N–H and O–H groups in total. The van der Waals surface area contributed by atoms with E-state index in [0.29, 0.717) is 18.1 Å². The van der Waals surface area contributed by atoms with Gasteiger partial charge in [-0.15, -0.1) is 0 Å². The molecule has 0 bridgehead atoms. The molecule has 1 aliphatic carbocycles. The van der Waals surface area contributed by atoms with Crippen molar-refractivity contribution in [3.05, 3.63) is 35.3 Å². The van der Waals surface area contributed by atoms with Gasteiger partial charge in [-0.2, -0.15) is 5.10 Å². The fourth-order valence-electron chi connectivity index (χ4n) is 3.84. The van der Waals surface area contributed by atoms with Crippen LogP contribution in [0.2, 0.25) is 0 Å². The van der Waals surface area contributed by atoms with Gasteiger partial charge in [-0.1, -0.05) is 0 Å². The molecule has 1 spiro atoms. The molecule has 116 valence electrons. The van der Waals surface area contributed by atoms with E-state index in [0.717, 1.165) is 32.2 Å². The summed E-state index contributed by atoms with van der Waals surface area (Å²) in [6, 6.07) is 0. The summed E-state index contributed by atoms with van der Waals surface area (Å²) in [4.78, 5) is 18.7. The smallest absolute Gasteiger partial charge is 0.275 e. The third kappa shape index (κ3) is 1.96. The van der Waals surface area contributed by atoms with E-state index in [1.807, 2.05) is 11.1 Å². The SMILES string of the molecule is NCc1nc(C(=O)N2CCCC3(CCc4cn[nH]c43)C2)co1. The zero-order valence-corrected chi connectivity index (χ0v) is 12.3. The molecule has 7 nitrogen and oxygen atoms in total. The maximum absolute atomic E-state index is 12.7. The van der Waals surface area contributed by atoms with Crippen LogP contribution in [0.15, 0.2) is 16.9 Å². The second-order valence-corrected chi connectivity index (χ2v) is 6.21. The van der Waals surface area contributed by atoms with Gasteiger partial charge in [-0.25, -0.2) is 4.98 Å². The number of aromatic amines is 1. The number of nitrogens with zero attached hydrogens (tertiary/aromatic N) is 3. The summed E-state index contributed by atoms with van der Waals surface area (Å²) in [7, 11) is 0. The number of aromatic nitrogens is 3. The van der Waals surface area contributed by atoms with E-state index in [1.165, 1.54) is 17.5 Å². The number of fused-ring (bicyclic) bond motifs is 2. The third-order valence-corrected chi connectivity index (χ3v) is 4.93. The molecule has 1 aliphatic heterocycles. The molecule has 1 atom stereocenters. The van der Waals surface area contributed by atoms with Crippen molar-refractivity contribution in [1.82, 2.24) is 20.1 Å². The Hall–Kier alpha value is -2.15. The van der Waals surface area contributed by atoms with E-state index >= 15 is 0 Å². The number of hydrogen-bond donors (Lipinski definition) is 2. The molecule has 1 saturated heterocycles. The van der Waals surface area contributed by atoms with Crippen molar-refractivity contribution in [3.8, 4) is 0 Å². The average Bonchev–Trinajstić information content (AvgIpc) is 3.25. The first-order valence-electron chi connectivity index (χ1n) is 7.68. The van der Waals surface area contributed by atoms with Crippen LogP contribution in [0.4, 0.5) is 0 Å². The van der Waals surface area contributed by atoms with Crippen molar-refractivity contribution in [1.29, 1.82) is 0 Å². The summed E-state index contributed by atoms with van der Waals surface area (Å²) in [5.74, 6) is 0.322. The Balaban J connectivity index is 1.58. The van der Waals surface area contributed by atoms with Gasteiger partial charge in [-0.3, -0.25) is 9.89 Å². The minimum absolute atomic E-state index is 0.0280. The first-order valence-corrected chi connectivity index (χ1v) is 7.68. The lowest BCUT2D eigenvalue weighted by Gasteiger charge is -2.40. The van der Waals surface area contributed by atoms with Crippen molar-refractivity contribution >= 4 is 5.91 Å². The number of likely N-dealkylation sites (tertiary alicyclic amines) is 1. The summed E-state index contributed by atoms with van der Waals surface area (Å²) in [6.07, 6.45) is 7.52. The van der Waals surface area contributed by atoms with E-state index in [1.54, 1.807) is 0 Å². The van der Waals surface area contributed by atoms with Crippen molar-refractivity contribution in [2.24, 2.45) is 5.73 Å². The van der Waals surface area contributed by atoms with E-state index in [-0.39, 0.29) is 17.9 Å². The highest BCUT2D eigenvalue weighted by molar-refractivity contribution is 5.92. The van der Waals surface area contributed by atoms with E-state index in [9.17, 15) is 4.79 Å². The quantitative estimate of drug-likeness (QED) is 0.861. The monoisotopic (exact) mass is 301 g/mol. The highest BCUT2D eigenvalue weighted by Gasteiger charge is 2.44. The fourth-order valence-corrected chi connectivity index (χ4v) is 3.84. The van der Waals surface area contributed by atoms with Gasteiger partial charge in [0, 0.05) is 24.2 Å². The maximum atomic E-state index is 12.7. The van der Waals surface area contributed by atoms with Crippen molar-refractivity contribution in [2.45, 2.75) is 37.6 Å². The third-order valence-electron chi connectivity index (χ3n) is 4.93. The molecule has 2 aromatic rings. The largest absolute Gasteiger partial charge is 0.447 e.